The van der Waals surface area contributed by atoms with Gasteiger partial charge in [0.05, 0.1) is 19.3 Å². The number of ether oxygens (including phenoxy) is 1. The number of morpholine rings is 1. The van der Waals surface area contributed by atoms with Crippen LogP contribution in [-0.2, 0) is 4.74 Å². The van der Waals surface area contributed by atoms with Crippen molar-refractivity contribution >= 4 is 0 Å². The van der Waals surface area contributed by atoms with Gasteiger partial charge in [-0.1, -0.05) is 6.42 Å². The summed E-state index contributed by atoms with van der Waals surface area (Å²) in [7, 11) is 0. The minimum absolute atomic E-state index is 0.0348. The Labute approximate surface area is 110 Å². The van der Waals surface area contributed by atoms with Gasteiger partial charge in [0, 0.05) is 32.2 Å². The fourth-order valence-corrected chi connectivity index (χ4v) is 3.78. The molecule has 4 heteroatoms. The van der Waals surface area contributed by atoms with Crippen LogP contribution in [-0.4, -0.2) is 73.0 Å². The van der Waals surface area contributed by atoms with Gasteiger partial charge in [-0.25, -0.2) is 0 Å². The van der Waals surface area contributed by atoms with E-state index in [9.17, 15) is 5.11 Å². The first kappa shape index (κ1) is 12.9. The minimum Gasteiger partial charge on any atom is -0.393 e. The van der Waals surface area contributed by atoms with Crippen molar-refractivity contribution in [1.29, 1.82) is 0 Å². The van der Waals surface area contributed by atoms with Crippen LogP contribution < -0.4 is 0 Å². The molecule has 0 aromatic rings. The molecular weight excluding hydrogens is 228 g/mol. The van der Waals surface area contributed by atoms with E-state index < -0.39 is 0 Å². The van der Waals surface area contributed by atoms with Crippen molar-refractivity contribution < 1.29 is 9.84 Å². The summed E-state index contributed by atoms with van der Waals surface area (Å²) in [5.74, 6) is 0.536. The summed E-state index contributed by atoms with van der Waals surface area (Å²) in [4.78, 5) is 5.16. The number of aliphatic hydroxyl groups is 1. The molecule has 3 aliphatic rings. The Hall–Kier alpha value is -0.160. The molecule has 2 saturated heterocycles. The average molecular weight is 254 g/mol. The summed E-state index contributed by atoms with van der Waals surface area (Å²) in [5, 5.41) is 9.91. The van der Waals surface area contributed by atoms with Gasteiger partial charge < -0.3 is 14.7 Å². The molecule has 3 rings (SSSR count). The number of hydrogen-bond acceptors (Lipinski definition) is 4. The molecule has 0 aromatic carbocycles. The molecule has 0 aromatic heterocycles. The highest BCUT2D eigenvalue weighted by Crippen LogP contribution is 2.28. The predicted molar refractivity (Wildman–Crippen MR) is 70.6 cm³/mol. The molecule has 4 nitrogen and oxygen atoms in total. The Kier molecular flexibility index (Phi) is 4.19. The fraction of sp³-hybridized carbons (Fsp3) is 1.00. The lowest BCUT2D eigenvalue weighted by molar-refractivity contribution is 0.0177. The van der Waals surface area contributed by atoms with Crippen molar-refractivity contribution in [2.75, 3.05) is 45.9 Å². The van der Waals surface area contributed by atoms with E-state index in [0.717, 1.165) is 45.3 Å². The van der Waals surface area contributed by atoms with Crippen LogP contribution in [0.5, 0.6) is 0 Å². The molecule has 104 valence electrons. The third-order valence-electron chi connectivity index (χ3n) is 4.92. The van der Waals surface area contributed by atoms with E-state index in [4.69, 9.17) is 4.74 Å². The van der Waals surface area contributed by atoms with Crippen LogP contribution in [0.1, 0.15) is 25.7 Å². The van der Waals surface area contributed by atoms with Gasteiger partial charge in [-0.15, -0.1) is 0 Å². The topological polar surface area (TPSA) is 35.9 Å². The van der Waals surface area contributed by atoms with Gasteiger partial charge in [0.2, 0.25) is 0 Å². The van der Waals surface area contributed by atoms with Gasteiger partial charge in [0.15, 0.2) is 0 Å². The van der Waals surface area contributed by atoms with Gasteiger partial charge >= 0.3 is 0 Å². The van der Waals surface area contributed by atoms with Crippen LogP contribution in [0.4, 0.5) is 0 Å². The lowest BCUT2D eigenvalue weighted by atomic mass is 10.1. The van der Waals surface area contributed by atoms with E-state index in [1.807, 2.05) is 0 Å². The molecular formula is C14H26N2O2. The second kappa shape index (κ2) is 5.87. The number of aliphatic hydroxyl groups excluding tert-OH is 1. The Balaban J connectivity index is 1.46. The SMILES string of the molecule is OC1CCCC1CN1CCC(N2CCOCC2)C1. The zero-order chi connectivity index (χ0) is 12.4. The molecule has 0 amide bonds. The highest BCUT2D eigenvalue weighted by atomic mass is 16.5. The Morgan fingerprint density at radius 2 is 1.89 bits per heavy atom. The molecule has 2 aliphatic heterocycles. The molecule has 1 aliphatic carbocycles. The maximum absolute atomic E-state index is 9.91. The van der Waals surface area contributed by atoms with Crippen LogP contribution in [0.2, 0.25) is 0 Å². The minimum atomic E-state index is -0.0348. The molecule has 2 heterocycles. The summed E-state index contributed by atoms with van der Waals surface area (Å²) in [6.07, 6.45) is 4.72. The van der Waals surface area contributed by atoms with E-state index in [-0.39, 0.29) is 6.10 Å². The second-order valence-electron chi connectivity index (χ2n) is 6.11. The van der Waals surface area contributed by atoms with Gasteiger partial charge in [-0.05, 0) is 31.7 Å². The van der Waals surface area contributed by atoms with Crippen molar-refractivity contribution in [1.82, 2.24) is 9.80 Å². The third-order valence-corrected chi connectivity index (χ3v) is 4.92. The molecule has 0 spiro atoms. The van der Waals surface area contributed by atoms with E-state index in [0.29, 0.717) is 5.92 Å². The van der Waals surface area contributed by atoms with Gasteiger partial charge in [0.25, 0.3) is 0 Å². The van der Waals surface area contributed by atoms with Crippen molar-refractivity contribution in [3.8, 4) is 0 Å². The summed E-state index contributed by atoms with van der Waals surface area (Å²) in [5.41, 5.74) is 0. The first-order chi connectivity index (χ1) is 8.83. The number of likely N-dealkylation sites (tertiary alicyclic amines) is 1. The molecule has 3 unspecified atom stereocenters. The monoisotopic (exact) mass is 254 g/mol. The zero-order valence-corrected chi connectivity index (χ0v) is 11.3. The number of nitrogens with zero attached hydrogens (tertiary/aromatic N) is 2. The first-order valence-corrected chi connectivity index (χ1v) is 7.55. The standard InChI is InChI=1S/C14H26N2O2/c17-14-3-1-2-12(14)10-15-5-4-13(11-15)16-6-8-18-9-7-16/h12-14,17H,1-11H2. The Morgan fingerprint density at radius 3 is 2.61 bits per heavy atom. The van der Waals surface area contributed by atoms with Crippen LogP contribution in [0, 0.1) is 5.92 Å². The quantitative estimate of drug-likeness (QED) is 0.798. The van der Waals surface area contributed by atoms with E-state index >= 15 is 0 Å². The lowest BCUT2D eigenvalue weighted by Gasteiger charge is -2.32. The highest BCUT2D eigenvalue weighted by molar-refractivity contribution is 4.87. The molecule has 3 fully saturated rings. The number of rotatable bonds is 3. The fourth-order valence-electron chi connectivity index (χ4n) is 3.78. The van der Waals surface area contributed by atoms with Crippen molar-refractivity contribution in [3.63, 3.8) is 0 Å². The van der Waals surface area contributed by atoms with Gasteiger partial charge in [-0.3, -0.25) is 4.90 Å². The normalized spacial score (nSPS) is 39.5. The molecule has 1 saturated carbocycles. The van der Waals surface area contributed by atoms with E-state index in [2.05, 4.69) is 9.80 Å². The first-order valence-electron chi connectivity index (χ1n) is 7.55. The van der Waals surface area contributed by atoms with Crippen molar-refractivity contribution in [2.24, 2.45) is 5.92 Å². The Bertz CT molecular complexity index is 269. The number of hydrogen-bond donors (Lipinski definition) is 1. The summed E-state index contributed by atoms with van der Waals surface area (Å²) >= 11 is 0. The molecule has 0 bridgehead atoms. The van der Waals surface area contributed by atoms with Crippen molar-refractivity contribution in [2.45, 2.75) is 37.8 Å². The van der Waals surface area contributed by atoms with Crippen LogP contribution in [0.15, 0.2) is 0 Å². The molecule has 3 atom stereocenters. The summed E-state index contributed by atoms with van der Waals surface area (Å²) < 4.78 is 5.42. The second-order valence-corrected chi connectivity index (χ2v) is 6.11. The van der Waals surface area contributed by atoms with Gasteiger partial charge in [0.1, 0.15) is 0 Å². The third kappa shape index (κ3) is 2.87. The summed E-state index contributed by atoms with van der Waals surface area (Å²) in [6.45, 7) is 7.53. The zero-order valence-electron chi connectivity index (χ0n) is 11.3. The van der Waals surface area contributed by atoms with Crippen molar-refractivity contribution in [3.05, 3.63) is 0 Å². The van der Waals surface area contributed by atoms with Crippen LogP contribution in [0.25, 0.3) is 0 Å². The highest BCUT2D eigenvalue weighted by Gasteiger charge is 2.32. The maximum Gasteiger partial charge on any atom is 0.0594 e. The lowest BCUT2D eigenvalue weighted by Crippen LogP contribution is -2.45. The largest absolute Gasteiger partial charge is 0.393 e. The maximum atomic E-state index is 9.91. The van der Waals surface area contributed by atoms with Crippen LogP contribution in [0.3, 0.4) is 0 Å². The molecule has 18 heavy (non-hydrogen) atoms. The molecule has 1 N–H and O–H groups in total. The van der Waals surface area contributed by atoms with Crippen LogP contribution >= 0.6 is 0 Å². The van der Waals surface area contributed by atoms with Gasteiger partial charge in [-0.2, -0.15) is 0 Å². The van der Waals surface area contributed by atoms with E-state index in [1.165, 1.54) is 32.4 Å². The Morgan fingerprint density at radius 1 is 1.06 bits per heavy atom. The predicted octanol–water partition coefficient (Wildman–Crippen LogP) is 0.554. The molecule has 0 radical (unpaired) electrons. The smallest absolute Gasteiger partial charge is 0.0594 e. The summed E-state index contributed by atoms with van der Waals surface area (Å²) in [6, 6.07) is 0.729. The average Bonchev–Trinajstić information content (AvgIpc) is 3.02. The van der Waals surface area contributed by atoms with E-state index in [1.54, 1.807) is 0 Å².